The van der Waals surface area contributed by atoms with Crippen LogP contribution in [0.5, 0.6) is 5.75 Å². The first kappa shape index (κ1) is 24.2. The van der Waals surface area contributed by atoms with E-state index in [1.54, 1.807) is 25.8 Å². The van der Waals surface area contributed by atoms with E-state index < -0.39 is 18.0 Å². The van der Waals surface area contributed by atoms with Gasteiger partial charge in [-0.25, -0.2) is 0 Å². The molecule has 34 heavy (non-hydrogen) atoms. The number of fused-ring (bicyclic) bond motifs is 1. The maximum Gasteiger partial charge on any atom is 0.308 e. The number of piperidine rings is 1. The standard InChI is InChI=1S/C27H34N2O5/c1-33-21-6-7-25-23(16-21)22(9-12-28-25)26(30)8-5-20-10-14-29(17-24(20)27(31)32)13-3-2-4-19-11-15-34-18-19/h6-7,9,11-12,15-16,18,20,24,26,30H,2-5,8,10,13-14,17H2,1H3,(H,31,32)/t20-,24+,26-/m1/s1. The zero-order chi connectivity index (χ0) is 23.9. The maximum atomic E-state index is 12.0. The van der Waals surface area contributed by atoms with Crippen molar-refractivity contribution in [3.8, 4) is 5.75 Å². The first-order valence-corrected chi connectivity index (χ1v) is 12.1. The molecule has 1 aliphatic heterocycles. The molecule has 0 saturated carbocycles. The van der Waals surface area contributed by atoms with E-state index in [-0.39, 0.29) is 5.92 Å². The van der Waals surface area contributed by atoms with Gasteiger partial charge in [-0.05, 0) is 99.0 Å². The van der Waals surface area contributed by atoms with E-state index in [0.717, 1.165) is 61.0 Å². The minimum Gasteiger partial charge on any atom is -0.497 e. The molecular formula is C27H34N2O5. The molecule has 2 aromatic heterocycles. The Kier molecular flexibility index (Phi) is 8.19. The van der Waals surface area contributed by atoms with Crippen molar-refractivity contribution in [2.45, 2.75) is 44.6 Å². The SMILES string of the molecule is COc1ccc2nccc([C@H](O)CC[C@@H]3CCN(CCCCc4ccoc4)C[C@@H]3C(=O)O)c2c1. The topological polar surface area (TPSA) is 96.0 Å². The molecule has 3 atom stereocenters. The third-order valence-corrected chi connectivity index (χ3v) is 7.08. The zero-order valence-corrected chi connectivity index (χ0v) is 19.7. The Balaban J connectivity index is 1.31. The van der Waals surface area contributed by atoms with Crippen LogP contribution in [0.4, 0.5) is 0 Å². The van der Waals surface area contributed by atoms with E-state index in [0.29, 0.717) is 19.4 Å². The van der Waals surface area contributed by atoms with Crippen molar-refractivity contribution in [1.29, 1.82) is 0 Å². The number of aliphatic carboxylic acids is 1. The van der Waals surface area contributed by atoms with Crippen LogP contribution in [0.1, 0.15) is 49.3 Å². The van der Waals surface area contributed by atoms with Gasteiger partial charge >= 0.3 is 5.97 Å². The number of aromatic nitrogens is 1. The molecule has 0 unspecified atom stereocenters. The molecule has 0 spiro atoms. The van der Waals surface area contributed by atoms with Gasteiger partial charge in [-0.1, -0.05) is 0 Å². The normalized spacial score (nSPS) is 19.8. The summed E-state index contributed by atoms with van der Waals surface area (Å²) in [5.41, 5.74) is 2.83. The molecule has 0 radical (unpaired) electrons. The lowest BCUT2D eigenvalue weighted by Gasteiger charge is -2.37. The van der Waals surface area contributed by atoms with Gasteiger partial charge in [-0.15, -0.1) is 0 Å². The Labute approximate surface area is 200 Å². The van der Waals surface area contributed by atoms with Crippen LogP contribution in [0.15, 0.2) is 53.5 Å². The minimum atomic E-state index is -0.735. The molecule has 1 saturated heterocycles. The number of furan rings is 1. The van der Waals surface area contributed by atoms with Crippen molar-refractivity contribution in [3.63, 3.8) is 0 Å². The number of hydrogen-bond acceptors (Lipinski definition) is 6. The Morgan fingerprint density at radius 3 is 2.94 bits per heavy atom. The molecule has 3 aromatic rings. The summed E-state index contributed by atoms with van der Waals surface area (Å²) in [6.07, 6.45) is 9.66. The van der Waals surface area contributed by atoms with Crippen LogP contribution in [0.3, 0.4) is 0 Å². The number of rotatable bonds is 11. The van der Waals surface area contributed by atoms with Gasteiger partial charge in [0, 0.05) is 18.1 Å². The second kappa shape index (κ2) is 11.5. The number of hydrogen-bond donors (Lipinski definition) is 2. The van der Waals surface area contributed by atoms with E-state index in [4.69, 9.17) is 9.15 Å². The Bertz CT molecular complexity index is 1070. The fraction of sp³-hybridized carbons (Fsp3) is 0.481. The molecule has 3 heterocycles. The van der Waals surface area contributed by atoms with Crippen molar-refractivity contribution in [2.75, 3.05) is 26.7 Å². The quantitative estimate of drug-likeness (QED) is 0.396. The van der Waals surface area contributed by atoms with Crippen LogP contribution >= 0.6 is 0 Å². The number of methoxy groups -OCH3 is 1. The summed E-state index contributed by atoms with van der Waals surface area (Å²) in [4.78, 5) is 18.7. The lowest BCUT2D eigenvalue weighted by atomic mass is 9.81. The number of carboxylic acids is 1. The summed E-state index contributed by atoms with van der Waals surface area (Å²) in [7, 11) is 1.62. The van der Waals surface area contributed by atoms with Crippen LogP contribution in [0, 0.1) is 11.8 Å². The predicted octanol–water partition coefficient (Wildman–Crippen LogP) is 4.70. The summed E-state index contributed by atoms with van der Waals surface area (Å²) in [6, 6.07) is 9.47. The number of ether oxygens (including phenoxy) is 1. The van der Waals surface area contributed by atoms with Crippen molar-refractivity contribution < 1.29 is 24.2 Å². The number of nitrogens with zero attached hydrogens (tertiary/aromatic N) is 2. The summed E-state index contributed by atoms with van der Waals surface area (Å²) in [5.74, 6) is -0.347. The second-order valence-corrected chi connectivity index (χ2v) is 9.26. The first-order valence-electron chi connectivity index (χ1n) is 12.1. The fourth-order valence-electron chi connectivity index (χ4n) is 5.09. The van der Waals surface area contributed by atoms with E-state index in [2.05, 4.69) is 9.88 Å². The molecule has 4 rings (SSSR count). The lowest BCUT2D eigenvalue weighted by molar-refractivity contribution is -0.146. The Morgan fingerprint density at radius 1 is 1.29 bits per heavy atom. The van der Waals surface area contributed by atoms with Gasteiger partial charge in [0.25, 0.3) is 0 Å². The smallest absolute Gasteiger partial charge is 0.308 e. The number of unbranched alkanes of at least 4 members (excludes halogenated alkanes) is 1. The summed E-state index contributed by atoms with van der Waals surface area (Å²) < 4.78 is 10.4. The van der Waals surface area contributed by atoms with Gasteiger partial charge in [0.05, 0.1) is 37.2 Å². The average molecular weight is 467 g/mol. The number of aryl methyl sites for hydroxylation is 1. The monoisotopic (exact) mass is 466 g/mol. The minimum absolute atomic E-state index is 0.0666. The molecule has 0 aliphatic carbocycles. The van der Waals surface area contributed by atoms with Crippen molar-refractivity contribution in [3.05, 3.63) is 60.2 Å². The van der Waals surface area contributed by atoms with E-state index >= 15 is 0 Å². The molecule has 7 heteroatoms. The van der Waals surface area contributed by atoms with Gasteiger partial charge in [0.2, 0.25) is 0 Å². The summed E-state index contributed by atoms with van der Waals surface area (Å²) in [6.45, 7) is 2.41. The Hall–Kier alpha value is -2.90. The third kappa shape index (κ3) is 5.96. The average Bonchev–Trinajstić information content (AvgIpc) is 3.38. The van der Waals surface area contributed by atoms with Gasteiger partial charge in [-0.3, -0.25) is 9.78 Å². The van der Waals surface area contributed by atoms with E-state index in [9.17, 15) is 15.0 Å². The van der Waals surface area contributed by atoms with Gasteiger partial charge in [0.15, 0.2) is 0 Å². The number of carbonyl (C=O) groups is 1. The lowest BCUT2D eigenvalue weighted by Crippen LogP contribution is -2.44. The van der Waals surface area contributed by atoms with Gasteiger partial charge in [-0.2, -0.15) is 0 Å². The maximum absolute atomic E-state index is 12.0. The molecule has 182 valence electrons. The molecule has 1 fully saturated rings. The largest absolute Gasteiger partial charge is 0.497 e. The molecule has 0 amide bonds. The Morgan fingerprint density at radius 2 is 2.18 bits per heavy atom. The highest BCUT2D eigenvalue weighted by atomic mass is 16.5. The number of pyridine rings is 1. The molecule has 0 bridgehead atoms. The second-order valence-electron chi connectivity index (χ2n) is 9.26. The number of likely N-dealkylation sites (tertiary alicyclic amines) is 1. The van der Waals surface area contributed by atoms with Gasteiger partial charge in [0.1, 0.15) is 5.75 Å². The molecule has 7 nitrogen and oxygen atoms in total. The van der Waals surface area contributed by atoms with Crippen molar-refractivity contribution >= 4 is 16.9 Å². The first-order chi connectivity index (χ1) is 16.5. The number of aliphatic hydroxyl groups is 1. The van der Waals surface area contributed by atoms with Crippen LogP contribution in [-0.4, -0.2) is 52.8 Å². The highest BCUT2D eigenvalue weighted by Gasteiger charge is 2.34. The van der Waals surface area contributed by atoms with E-state index in [1.807, 2.05) is 30.3 Å². The van der Waals surface area contributed by atoms with E-state index in [1.165, 1.54) is 5.56 Å². The molecular weight excluding hydrogens is 432 g/mol. The highest BCUT2D eigenvalue weighted by molar-refractivity contribution is 5.83. The fourth-order valence-corrected chi connectivity index (χ4v) is 5.09. The van der Waals surface area contributed by atoms with Crippen LogP contribution in [0.2, 0.25) is 0 Å². The molecule has 2 N–H and O–H groups in total. The molecule has 1 aromatic carbocycles. The molecule has 1 aliphatic rings. The van der Waals surface area contributed by atoms with Crippen LogP contribution in [0.25, 0.3) is 10.9 Å². The van der Waals surface area contributed by atoms with Crippen molar-refractivity contribution in [2.24, 2.45) is 11.8 Å². The van der Waals surface area contributed by atoms with Crippen LogP contribution in [-0.2, 0) is 11.2 Å². The number of aliphatic hydroxyl groups excluding tert-OH is 1. The third-order valence-electron chi connectivity index (χ3n) is 7.08. The number of benzene rings is 1. The summed E-state index contributed by atoms with van der Waals surface area (Å²) >= 11 is 0. The zero-order valence-electron chi connectivity index (χ0n) is 19.7. The van der Waals surface area contributed by atoms with Crippen LogP contribution < -0.4 is 4.74 Å². The number of carboxylic acid groups (broad SMARTS) is 1. The highest BCUT2D eigenvalue weighted by Crippen LogP contribution is 2.33. The van der Waals surface area contributed by atoms with Gasteiger partial charge < -0.3 is 24.3 Å². The summed E-state index contributed by atoms with van der Waals surface area (Å²) in [5, 5.41) is 21.7. The predicted molar refractivity (Wildman–Crippen MR) is 130 cm³/mol. The van der Waals surface area contributed by atoms with Crippen molar-refractivity contribution in [1.82, 2.24) is 9.88 Å².